The Morgan fingerprint density at radius 3 is 1.74 bits per heavy atom. The number of nitrogens with one attached hydrogen (secondary N) is 1. The van der Waals surface area contributed by atoms with Gasteiger partial charge in [0.05, 0.1) is 25.9 Å². The molecule has 2 atom stereocenters. The third-order valence-corrected chi connectivity index (χ3v) is 7.38. The van der Waals surface area contributed by atoms with Crippen LogP contribution in [0.5, 0.6) is 0 Å². The maximum atomic E-state index is 11.8. The SMILES string of the molecule is CCCCCCCCCCCCCCCCCCOCC(COP(=O)([O-])OCCSC)NC(C)=O. The molecule has 0 rings (SSSR count). The lowest BCUT2D eigenvalue weighted by molar-refractivity contribution is -0.225. The largest absolute Gasteiger partial charge is 0.756 e. The van der Waals surface area contributed by atoms with E-state index in [2.05, 4.69) is 12.2 Å². The molecular formula is C26H53NO6PS-. The average Bonchev–Trinajstić information content (AvgIpc) is 2.81. The first kappa shape index (κ1) is 34.9. The van der Waals surface area contributed by atoms with E-state index in [0.717, 1.165) is 12.8 Å². The first-order valence-corrected chi connectivity index (χ1v) is 16.7. The molecule has 0 aromatic rings. The normalized spacial score (nSPS) is 14.1. The number of phosphoric acid groups is 1. The Hall–Kier alpha value is -0.110. The summed E-state index contributed by atoms with van der Waals surface area (Å²) in [4.78, 5) is 23.1. The highest BCUT2D eigenvalue weighted by molar-refractivity contribution is 7.98. The predicted octanol–water partition coefficient (Wildman–Crippen LogP) is 6.63. The second-order valence-electron chi connectivity index (χ2n) is 9.34. The zero-order valence-electron chi connectivity index (χ0n) is 22.7. The molecule has 35 heavy (non-hydrogen) atoms. The predicted molar refractivity (Wildman–Crippen MR) is 146 cm³/mol. The number of unbranched alkanes of at least 4 members (excludes halogenated alkanes) is 15. The van der Waals surface area contributed by atoms with Crippen molar-refractivity contribution in [1.29, 1.82) is 0 Å². The van der Waals surface area contributed by atoms with Crippen LogP contribution in [0.2, 0.25) is 0 Å². The van der Waals surface area contributed by atoms with E-state index in [-0.39, 0.29) is 25.7 Å². The Labute approximate surface area is 219 Å². The number of carbonyl (C=O) groups excluding carboxylic acids is 1. The Balaban J connectivity index is 3.61. The van der Waals surface area contributed by atoms with Crippen LogP contribution in [0.3, 0.4) is 0 Å². The molecule has 0 aromatic carbocycles. The quantitative estimate of drug-likeness (QED) is 0.0925. The maximum absolute atomic E-state index is 11.8. The van der Waals surface area contributed by atoms with Gasteiger partial charge in [0.15, 0.2) is 0 Å². The van der Waals surface area contributed by atoms with E-state index in [1.54, 1.807) is 0 Å². The minimum Gasteiger partial charge on any atom is -0.756 e. The van der Waals surface area contributed by atoms with Gasteiger partial charge in [0, 0.05) is 19.3 Å². The molecule has 0 aliphatic heterocycles. The summed E-state index contributed by atoms with van der Waals surface area (Å²) in [6.45, 7) is 4.33. The van der Waals surface area contributed by atoms with Crippen molar-refractivity contribution in [2.24, 2.45) is 0 Å². The van der Waals surface area contributed by atoms with Crippen molar-refractivity contribution in [1.82, 2.24) is 5.32 Å². The van der Waals surface area contributed by atoms with Crippen molar-refractivity contribution < 1.29 is 28.0 Å². The third kappa shape index (κ3) is 26.8. The monoisotopic (exact) mass is 538 g/mol. The van der Waals surface area contributed by atoms with E-state index in [1.807, 2.05) is 6.26 Å². The van der Waals surface area contributed by atoms with Crippen LogP contribution in [-0.2, 0) is 23.1 Å². The molecular weight excluding hydrogens is 485 g/mol. The lowest BCUT2D eigenvalue weighted by Crippen LogP contribution is -2.40. The molecule has 9 heteroatoms. The first-order valence-electron chi connectivity index (χ1n) is 13.8. The van der Waals surface area contributed by atoms with E-state index < -0.39 is 13.9 Å². The number of phosphoric ester groups is 1. The summed E-state index contributed by atoms with van der Waals surface area (Å²) in [5.74, 6) is 0.307. The fourth-order valence-electron chi connectivity index (χ4n) is 3.85. The van der Waals surface area contributed by atoms with Gasteiger partial charge >= 0.3 is 0 Å². The summed E-state index contributed by atoms with van der Waals surface area (Å²) < 4.78 is 27.1. The van der Waals surface area contributed by atoms with Crippen LogP contribution in [0.15, 0.2) is 0 Å². The van der Waals surface area contributed by atoms with E-state index in [9.17, 15) is 14.3 Å². The van der Waals surface area contributed by atoms with Crippen LogP contribution in [0.25, 0.3) is 0 Å². The van der Waals surface area contributed by atoms with Crippen LogP contribution in [-0.4, -0.2) is 50.4 Å². The molecule has 7 nitrogen and oxygen atoms in total. The average molecular weight is 539 g/mol. The third-order valence-electron chi connectivity index (χ3n) is 5.84. The molecule has 0 saturated carbocycles. The first-order chi connectivity index (χ1) is 16.9. The van der Waals surface area contributed by atoms with Gasteiger partial charge in [-0.15, -0.1) is 0 Å². The number of thioether (sulfide) groups is 1. The Morgan fingerprint density at radius 1 is 0.800 bits per heavy atom. The van der Waals surface area contributed by atoms with Gasteiger partial charge < -0.3 is 24.0 Å². The number of carbonyl (C=O) groups is 1. The van der Waals surface area contributed by atoms with Crippen LogP contribution >= 0.6 is 19.6 Å². The summed E-state index contributed by atoms with van der Waals surface area (Å²) in [5.41, 5.74) is 0. The highest BCUT2D eigenvalue weighted by Crippen LogP contribution is 2.38. The molecule has 0 fully saturated rings. The minimum absolute atomic E-state index is 0.0719. The topological polar surface area (TPSA) is 96.9 Å². The van der Waals surface area contributed by atoms with Crippen LogP contribution in [0, 0.1) is 0 Å². The van der Waals surface area contributed by atoms with E-state index in [1.165, 1.54) is 109 Å². The van der Waals surface area contributed by atoms with Crippen molar-refractivity contribution in [3.63, 3.8) is 0 Å². The lowest BCUT2D eigenvalue weighted by atomic mass is 10.0. The highest BCUT2D eigenvalue weighted by Gasteiger charge is 2.16. The number of amides is 1. The molecule has 0 spiro atoms. The second-order valence-corrected chi connectivity index (χ2v) is 11.7. The van der Waals surface area contributed by atoms with Crippen molar-refractivity contribution >= 4 is 25.5 Å². The molecule has 0 heterocycles. The molecule has 210 valence electrons. The van der Waals surface area contributed by atoms with E-state index in [0.29, 0.717) is 12.4 Å². The molecule has 2 unspecified atom stereocenters. The summed E-state index contributed by atoms with van der Waals surface area (Å²) in [5, 5.41) is 2.67. The maximum Gasteiger partial charge on any atom is 0.267 e. The molecule has 0 radical (unpaired) electrons. The van der Waals surface area contributed by atoms with Gasteiger partial charge in [-0.05, 0) is 12.7 Å². The van der Waals surface area contributed by atoms with Gasteiger partial charge in [0.25, 0.3) is 7.82 Å². The van der Waals surface area contributed by atoms with Gasteiger partial charge in [0.1, 0.15) is 0 Å². The van der Waals surface area contributed by atoms with E-state index in [4.69, 9.17) is 13.8 Å². The fraction of sp³-hybridized carbons (Fsp3) is 0.962. The van der Waals surface area contributed by atoms with Gasteiger partial charge in [-0.1, -0.05) is 103 Å². The Morgan fingerprint density at radius 2 is 1.29 bits per heavy atom. The Bertz CT molecular complexity index is 526. The number of ether oxygens (including phenoxy) is 1. The van der Waals surface area contributed by atoms with E-state index >= 15 is 0 Å². The second kappa shape index (κ2) is 25.5. The highest BCUT2D eigenvalue weighted by atomic mass is 32.2. The van der Waals surface area contributed by atoms with Crippen molar-refractivity contribution in [3.05, 3.63) is 0 Å². The zero-order valence-corrected chi connectivity index (χ0v) is 24.4. The van der Waals surface area contributed by atoms with Crippen molar-refractivity contribution in [3.8, 4) is 0 Å². The summed E-state index contributed by atoms with van der Waals surface area (Å²) in [6.07, 6.45) is 23.0. The smallest absolute Gasteiger partial charge is 0.267 e. The molecule has 0 saturated heterocycles. The van der Waals surface area contributed by atoms with Gasteiger partial charge in [-0.25, -0.2) is 0 Å². The fourth-order valence-corrected chi connectivity index (χ4v) is 4.97. The van der Waals surface area contributed by atoms with Gasteiger partial charge in [0.2, 0.25) is 5.91 Å². The molecule has 0 aliphatic rings. The summed E-state index contributed by atoms with van der Waals surface area (Å²) in [6, 6.07) is -0.528. The molecule has 1 N–H and O–H groups in total. The van der Waals surface area contributed by atoms with Crippen LogP contribution in [0.1, 0.15) is 117 Å². The minimum atomic E-state index is -4.37. The lowest BCUT2D eigenvalue weighted by Gasteiger charge is -2.25. The van der Waals surface area contributed by atoms with Crippen molar-refractivity contribution in [2.45, 2.75) is 123 Å². The molecule has 0 aliphatic carbocycles. The van der Waals surface area contributed by atoms with Gasteiger partial charge in [-0.2, -0.15) is 11.8 Å². The van der Waals surface area contributed by atoms with Crippen LogP contribution < -0.4 is 10.2 Å². The van der Waals surface area contributed by atoms with Crippen molar-refractivity contribution in [2.75, 3.05) is 38.4 Å². The van der Waals surface area contributed by atoms with Crippen LogP contribution in [0.4, 0.5) is 0 Å². The number of rotatable bonds is 27. The molecule has 0 aromatic heterocycles. The van der Waals surface area contributed by atoms with Gasteiger partial charge in [-0.3, -0.25) is 9.36 Å². The standard InChI is InChI=1S/C26H54NO6PS/c1-4-5-6-7-8-9-10-11-12-13-14-15-16-17-18-19-20-31-23-26(27-25(2)28)24-33-34(29,30)32-21-22-35-3/h26H,4-24H2,1-3H3,(H,27,28)(H,29,30)/p-1. The summed E-state index contributed by atoms with van der Waals surface area (Å²) in [7, 11) is -4.37. The Kier molecular flexibility index (Phi) is 25.5. The molecule has 0 bridgehead atoms. The number of hydrogen-bond donors (Lipinski definition) is 1. The summed E-state index contributed by atoms with van der Waals surface area (Å²) >= 11 is 1.49. The molecule has 1 amide bonds. The number of hydrogen-bond acceptors (Lipinski definition) is 7. The zero-order chi connectivity index (χ0) is 26.0.